The van der Waals surface area contributed by atoms with Crippen LogP contribution in [0.1, 0.15) is 32.1 Å². The molecule has 0 bridgehead atoms. The van der Waals surface area contributed by atoms with Crippen LogP contribution in [0.2, 0.25) is 0 Å². The molecular weight excluding hydrogens is 309 g/mol. The highest BCUT2D eigenvalue weighted by molar-refractivity contribution is 9.10. The molecule has 1 N–H and O–H groups in total. The van der Waals surface area contributed by atoms with E-state index in [9.17, 15) is 4.39 Å². The molecule has 1 spiro atoms. The minimum atomic E-state index is -0.246. The van der Waals surface area contributed by atoms with E-state index in [0.29, 0.717) is 15.9 Å². The van der Waals surface area contributed by atoms with Crippen molar-refractivity contribution in [2.75, 3.05) is 7.05 Å². The van der Waals surface area contributed by atoms with Crippen LogP contribution in [-0.4, -0.2) is 19.2 Å². The Bertz CT molecular complexity index is 473. The highest BCUT2D eigenvalue weighted by Crippen LogP contribution is 2.54. The standard InChI is InChI=1S/C15H19BrFNO/c1-18-13-9-14(15(13)6-2-3-7-15)19-10-4-5-12(17)11(16)8-10/h4-5,8,13-14,18H,2-3,6-7,9H2,1H3. The molecule has 1 aromatic carbocycles. The molecule has 0 radical (unpaired) electrons. The van der Waals surface area contributed by atoms with Gasteiger partial charge in [0.05, 0.1) is 4.47 Å². The van der Waals surface area contributed by atoms with Crippen LogP contribution in [0.5, 0.6) is 5.75 Å². The third kappa shape index (κ3) is 2.19. The van der Waals surface area contributed by atoms with Crippen molar-refractivity contribution in [2.45, 2.75) is 44.2 Å². The molecule has 2 atom stereocenters. The average Bonchev–Trinajstić information content (AvgIpc) is 2.90. The van der Waals surface area contributed by atoms with Crippen LogP contribution in [0.25, 0.3) is 0 Å². The Morgan fingerprint density at radius 2 is 2.11 bits per heavy atom. The van der Waals surface area contributed by atoms with Crippen molar-refractivity contribution in [1.29, 1.82) is 0 Å². The lowest BCUT2D eigenvalue weighted by atomic mass is 9.60. The van der Waals surface area contributed by atoms with Crippen molar-refractivity contribution < 1.29 is 9.13 Å². The summed E-state index contributed by atoms with van der Waals surface area (Å²) < 4.78 is 19.8. The molecule has 2 aliphatic carbocycles. The Morgan fingerprint density at radius 3 is 2.74 bits per heavy atom. The third-order valence-electron chi connectivity index (χ3n) is 4.84. The topological polar surface area (TPSA) is 21.3 Å². The maximum absolute atomic E-state index is 13.2. The van der Waals surface area contributed by atoms with Gasteiger partial charge in [0.25, 0.3) is 0 Å². The number of ether oxygens (including phenoxy) is 1. The normalized spacial score (nSPS) is 28.4. The van der Waals surface area contributed by atoms with Crippen LogP contribution < -0.4 is 10.1 Å². The quantitative estimate of drug-likeness (QED) is 0.909. The van der Waals surface area contributed by atoms with Crippen LogP contribution in [0.4, 0.5) is 4.39 Å². The van der Waals surface area contributed by atoms with Crippen molar-refractivity contribution in [3.63, 3.8) is 0 Å². The van der Waals surface area contributed by atoms with E-state index in [4.69, 9.17) is 4.74 Å². The van der Waals surface area contributed by atoms with E-state index < -0.39 is 0 Å². The Hall–Kier alpha value is -0.610. The zero-order chi connectivity index (χ0) is 13.5. The Balaban J connectivity index is 1.75. The molecule has 0 heterocycles. The third-order valence-corrected chi connectivity index (χ3v) is 5.45. The molecule has 1 aromatic rings. The van der Waals surface area contributed by atoms with Crippen LogP contribution in [-0.2, 0) is 0 Å². The number of halogens is 2. The maximum atomic E-state index is 13.2. The summed E-state index contributed by atoms with van der Waals surface area (Å²) in [5, 5.41) is 3.42. The SMILES string of the molecule is CNC1CC(Oc2ccc(F)c(Br)c2)C12CCCC2. The van der Waals surface area contributed by atoms with Gasteiger partial charge in [0.15, 0.2) is 0 Å². The van der Waals surface area contributed by atoms with Gasteiger partial charge in [-0.1, -0.05) is 12.8 Å². The van der Waals surface area contributed by atoms with Gasteiger partial charge in [0.2, 0.25) is 0 Å². The van der Waals surface area contributed by atoms with E-state index in [2.05, 4.69) is 21.2 Å². The van der Waals surface area contributed by atoms with E-state index in [-0.39, 0.29) is 11.9 Å². The average molecular weight is 328 g/mol. The lowest BCUT2D eigenvalue weighted by Gasteiger charge is -2.53. The van der Waals surface area contributed by atoms with Gasteiger partial charge in [0, 0.05) is 17.9 Å². The van der Waals surface area contributed by atoms with E-state index in [1.54, 1.807) is 12.1 Å². The Morgan fingerprint density at radius 1 is 1.37 bits per heavy atom. The van der Waals surface area contributed by atoms with Gasteiger partial charge in [-0.05, 0) is 54.0 Å². The van der Waals surface area contributed by atoms with E-state index in [1.165, 1.54) is 31.7 Å². The lowest BCUT2D eigenvalue weighted by molar-refractivity contribution is -0.0736. The monoisotopic (exact) mass is 327 g/mol. The molecule has 104 valence electrons. The van der Waals surface area contributed by atoms with Gasteiger partial charge in [-0.15, -0.1) is 0 Å². The zero-order valence-corrected chi connectivity index (χ0v) is 12.7. The minimum absolute atomic E-state index is 0.246. The van der Waals surface area contributed by atoms with Gasteiger partial charge in [-0.3, -0.25) is 0 Å². The minimum Gasteiger partial charge on any atom is -0.490 e. The summed E-state index contributed by atoms with van der Waals surface area (Å²) in [5.74, 6) is 0.517. The Kier molecular flexibility index (Phi) is 3.56. The molecule has 2 aliphatic rings. The van der Waals surface area contributed by atoms with Gasteiger partial charge in [-0.2, -0.15) is 0 Å². The second kappa shape index (κ2) is 5.06. The van der Waals surface area contributed by atoms with Crippen molar-refractivity contribution in [2.24, 2.45) is 5.41 Å². The second-order valence-corrected chi connectivity index (χ2v) is 6.55. The number of hydrogen-bond acceptors (Lipinski definition) is 2. The van der Waals surface area contributed by atoms with Crippen LogP contribution in [0.3, 0.4) is 0 Å². The zero-order valence-electron chi connectivity index (χ0n) is 11.1. The molecule has 2 unspecified atom stereocenters. The van der Waals surface area contributed by atoms with Gasteiger partial charge < -0.3 is 10.1 Å². The first kappa shape index (κ1) is 13.4. The molecule has 4 heteroatoms. The molecular formula is C15H19BrFNO. The van der Waals surface area contributed by atoms with E-state index >= 15 is 0 Å². The molecule has 0 aromatic heterocycles. The largest absolute Gasteiger partial charge is 0.490 e. The van der Waals surface area contributed by atoms with Crippen LogP contribution in [0.15, 0.2) is 22.7 Å². The molecule has 3 rings (SSSR count). The fourth-order valence-corrected chi connectivity index (χ4v) is 4.09. The summed E-state index contributed by atoms with van der Waals surface area (Å²) in [6.07, 6.45) is 6.39. The second-order valence-electron chi connectivity index (χ2n) is 5.70. The smallest absolute Gasteiger partial charge is 0.137 e. The first-order valence-corrected chi connectivity index (χ1v) is 7.74. The van der Waals surface area contributed by atoms with Gasteiger partial charge in [0.1, 0.15) is 17.7 Å². The first-order valence-electron chi connectivity index (χ1n) is 6.95. The summed E-state index contributed by atoms with van der Waals surface area (Å²) in [6.45, 7) is 0. The van der Waals surface area contributed by atoms with Crippen LogP contribution >= 0.6 is 15.9 Å². The van der Waals surface area contributed by atoms with E-state index in [0.717, 1.165) is 12.2 Å². The fraction of sp³-hybridized carbons (Fsp3) is 0.600. The predicted octanol–water partition coefficient (Wildman–Crippen LogP) is 3.89. The summed E-state index contributed by atoms with van der Waals surface area (Å²) in [6, 6.07) is 5.47. The van der Waals surface area contributed by atoms with Crippen molar-refractivity contribution in [1.82, 2.24) is 5.32 Å². The van der Waals surface area contributed by atoms with Crippen LogP contribution in [0, 0.1) is 11.2 Å². The lowest BCUT2D eigenvalue weighted by Crippen LogP contribution is -2.63. The van der Waals surface area contributed by atoms with Gasteiger partial charge >= 0.3 is 0 Å². The molecule has 0 amide bonds. The first-order chi connectivity index (χ1) is 9.15. The number of nitrogens with one attached hydrogen (secondary N) is 1. The highest BCUT2D eigenvalue weighted by atomic mass is 79.9. The van der Waals surface area contributed by atoms with Crippen molar-refractivity contribution >= 4 is 15.9 Å². The number of benzene rings is 1. The van der Waals surface area contributed by atoms with E-state index in [1.807, 2.05) is 7.05 Å². The summed E-state index contributed by atoms with van der Waals surface area (Å²) in [5.41, 5.74) is 0.301. The summed E-state index contributed by atoms with van der Waals surface area (Å²) in [4.78, 5) is 0. The number of hydrogen-bond donors (Lipinski definition) is 1. The molecule has 0 saturated heterocycles. The summed E-state index contributed by atoms with van der Waals surface area (Å²) in [7, 11) is 2.04. The maximum Gasteiger partial charge on any atom is 0.137 e. The van der Waals surface area contributed by atoms with Crippen molar-refractivity contribution in [3.05, 3.63) is 28.5 Å². The molecule has 2 fully saturated rings. The van der Waals surface area contributed by atoms with Crippen molar-refractivity contribution in [3.8, 4) is 5.75 Å². The fourth-order valence-electron chi connectivity index (χ4n) is 3.74. The van der Waals surface area contributed by atoms with Gasteiger partial charge in [-0.25, -0.2) is 4.39 Å². The molecule has 2 saturated carbocycles. The predicted molar refractivity (Wildman–Crippen MR) is 76.9 cm³/mol. The molecule has 2 nitrogen and oxygen atoms in total. The highest BCUT2D eigenvalue weighted by Gasteiger charge is 2.56. The molecule has 19 heavy (non-hydrogen) atoms. The molecule has 0 aliphatic heterocycles. The summed E-state index contributed by atoms with van der Waals surface area (Å²) >= 11 is 3.21. The number of rotatable bonds is 3. The Labute approximate surface area is 121 Å².